The molecule has 2 fully saturated rings. The molecule has 0 aliphatic carbocycles. The standard InChI is InChI=1S/C17H16N4O2S/c18-8-12-9-23-17(20-12)24-13-4-1-10(2-5-13)16(22)21-15-7-11-3-6-14(15)19-11/h1-2,4-5,9,11,14-15,19H,3,6-7H2,(H,21,22). The molecule has 7 heteroatoms. The molecule has 2 aromatic rings. The molecule has 1 aromatic heterocycles. The molecule has 2 saturated heterocycles. The van der Waals surface area contributed by atoms with Crippen molar-refractivity contribution in [3.8, 4) is 6.07 Å². The minimum Gasteiger partial charge on any atom is -0.438 e. The minimum atomic E-state index is -0.0335. The Hall–Kier alpha value is -2.30. The average Bonchev–Trinajstić information content (AvgIpc) is 3.32. The van der Waals surface area contributed by atoms with Crippen LogP contribution in [0.15, 0.2) is 45.1 Å². The van der Waals surface area contributed by atoms with Crippen LogP contribution in [0.25, 0.3) is 0 Å². The molecule has 1 aromatic carbocycles. The lowest BCUT2D eigenvalue weighted by Crippen LogP contribution is -2.42. The Kier molecular flexibility index (Phi) is 4.00. The van der Waals surface area contributed by atoms with E-state index in [0.29, 0.717) is 22.9 Å². The van der Waals surface area contributed by atoms with E-state index in [2.05, 4.69) is 15.6 Å². The molecule has 6 nitrogen and oxygen atoms in total. The van der Waals surface area contributed by atoms with Gasteiger partial charge in [0, 0.05) is 28.6 Å². The molecule has 4 rings (SSSR count). The third-order valence-corrected chi connectivity index (χ3v) is 5.41. The van der Waals surface area contributed by atoms with Gasteiger partial charge >= 0.3 is 0 Å². The van der Waals surface area contributed by atoms with Crippen LogP contribution in [0.2, 0.25) is 0 Å². The number of carbonyl (C=O) groups is 1. The van der Waals surface area contributed by atoms with E-state index in [1.54, 1.807) is 12.1 Å². The Balaban J connectivity index is 1.38. The van der Waals surface area contributed by atoms with E-state index in [9.17, 15) is 4.79 Å². The van der Waals surface area contributed by atoms with Gasteiger partial charge in [-0.1, -0.05) is 0 Å². The van der Waals surface area contributed by atoms with Crippen molar-refractivity contribution in [2.45, 2.75) is 47.5 Å². The quantitative estimate of drug-likeness (QED) is 0.887. The lowest BCUT2D eigenvalue weighted by atomic mass is 9.95. The van der Waals surface area contributed by atoms with Gasteiger partial charge in [-0.2, -0.15) is 10.2 Å². The number of amides is 1. The first kappa shape index (κ1) is 15.2. The first-order chi connectivity index (χ1) is 11.7. The molecule has 3 heterocycles. The van der Waals surface area contributed by atoms with Gasteiger partial charge in [0.1, 0.15) is 12.3 Å². The smallest absolute Gasteiger partial charge is 0.261 e. The highest BCUT2D eigenvalue weighted by molar-refractivity contribution is 7.99. The second-order valence-corrected chi connectivity index (χ2v) is 7.12. The van der Waals surface area contributed by atoms with Gasteiger partial charge in [0.05, 0.1) is 0 Å². The summed E-state index contributed by atoms with van der Waals surface area (Å²) in [5, 5.41) is 15.8. The summed E-state index contributed by atoms with van der Waals surface area (Å²) in [5.74, 6) is -0.0335. The van der Waals surface area contributed by atoms with Crippen LogP contribution < -0.4 is 10.6 Å². The molecule has 2 N–H and O–H groups in total. The van der Waals surface area contributed by atoms with Gasteiger partial charge in [0.2, 0.25) is 0 Å². The average molecular weight is 340 g/mol. The van der Waals surface area contributed by atoms with E-state index < -0.39 is 0 Å². The number of hydrogen-bond acceptors (Lipinski definition) is 6. The number of hydrogen-bond donors (Lipinski definition) is 2. The van der Waals surface area contributed by atoms with Gasteiger partial charge in [-0.05, 0) is 55.3 Å². The number of aromatic nitrogens is 1. The van der Waals surface area contributed by atoms with E-state index in [-0.39, 0.29) is 17.6 Å². The molecule has 0 saturated carbocycles. The van der Waals surface area contributed by atoms with Gasteiger partial charge in [-0.3, -0.25) is 4.79 Å². The third-order valence-electron chi connectivity index (χ3n) is 4.54. The normalized spacial score (nSPS) is 24.7. The molecular weight excluding hydrogens is 324 g/mol. The van der Waals surface area contributed by atoms with Crippen LogP contribution in [0.3, 0.4) is 0 Å². The highest BCUT2D eigenvalue weighted by Crippen LogP contribution is 2.29. The lowest BCUT2D eigenvalue weighted by molar-refractivity contribution is 0.0931. The van der Waals surface area contributed by atoms with Gasteiger partial charge in [0.15, 0.2) is 5.69 Å². The van der Waals surface area contributed by atoms with E-state index in [4.69, 9.17) is 9.68 Å². The summed E-state index contributed by atoms with van der Waals surface area (Å²) in [6.07, 6.45) is 4.71. The van der Waals surface area contributed by atoms with Crippen molar-refractivity contribution < 1.29 is 9.21 Å². The number of benzene rings is 1. The Morgan fingerprint density at radius 3 is 2.83 bits per heavy atom. The summed E-state index contributed by atoms with van der Waals surface area (Å²) < 4.78 is 5.20. The third kappa shape index (κ3) is 3.03. The summed E-state index contributed by atoms with van der Waals surface area (Å²) in [5.41, 5.74) is 0.903. The molecule has 0 spiro atoms. The van der Waals surface area contributed by atoms with Crippen LogP contribution in [0, 0.1) is 11.3 Å². The molecule has 0 radical (unpaired) electrons. The Morgan fingerprint density at radius 1 is 1.38 bits per heavy atom. The van der Waals surface area contributed by atoms with E-state index >= 15 is 0 Å². The Labute approximate surface area is 143 Å². The highest BCUT2D eigenvalue weighted by Gasteiger charge is 2.39. The van der Waals surface area contributed by atoms with Crippen molar-refractivity contribution >= 4 is 17.7 Å². The fourth-order valence-electron chi connectivity index (χ4n) is 3.37. The molecule has 3 unspecified atom stereocenters. The fraction of sp³-hybridized carbons (Fsp3) is 0.353. The molecule has 2 aliphatic heterocycles. The van der Waals surface area contributed by atoms with Gasteiger partial charge in [-0.25, -0.2) is 0 Å². The predicted octanol–water partition coefficient (Wildman–Crippen LogP) is 2.32. The number of rotatable bonds is 4. The maximum atomic E-state index is 12.4. The fourth-order valence-corrected chi connectivity index (χ4v) is 4.08. The van der Waals surface area contributed by atoms with Gasteiger partial charge in [-0.15, -0.1) is 0 Å². The number of nitrogens with one attached hydrogen (secondary N) is 2. The number of oxazole rings is 1. The maximum absolute atomic E-state index is 12.4. The SMILES string of the molecule is N#Cc1coc(Sc2ccc(C(=O)NC3CC4CCC3N4)cc2)n1. The topological polar surface area (TPSA) is 91.0 Å². The largest absolute Gasteiger partial charge is 0.438 e. The summed E-state index contributed by atoms with van der Waals surface area (Å²) in [4.78, 5) is 17.3. The Morgan fingerprint density at radius 2 is 2.21 bits per heavy atom. The first-order valence-electron chi connectivity index (χ1n) is 7.92. The van der Waals surface area contributed by atoms with Crippen LogP contribution in [0.1, 0.15) is 35.3 Å². The van der Waals surface area contributed by atoms with Crippen molar-refractivity contribution in [1.82, 2.24) is 15.6 Å². The number of carbonyl (C=O) groups excluding carboxylic acids is 1. The van der Waals surface area contributed by atoms with Crippen LogP contribution in [0.5, 0.6) is 0 Å². The monoisotopic (exact) mass is 340 g/mol. The van der Waals surface area contributed by atoms with Gasteiger partial charge < -0.3 is 15.1 Å². The summed E-state index contributed by atoms with van der Waals surface area (Å²) in [6.45, 7) is 0. The number of nitrogens with zero attached hydrogens (tertiary/aromatic N) is 2. The zero-order chi connectivity index (χ0) is 16.5. The van der Waals surface area contributed by atoms with Crippen molar-refractivity contribution in [3.63, 3.8) is 0 Å². The van der Waals surface area contributed by atoms with Crippen molar-refractivity contribution in [1.29, 1.82) is 5.26 Å². The first-order valence-corrected chi connectivity index (χ1v) is 8.73. The van der Waals surface area contributed by atoms with Crippen LogP contribution in [0.4, 0.5) is 0 Å². The van der Waals surface area contributed by atoms with Crippen molar-refractivity contribution in [2.75, 3.05) is 0 Å². The second-order valence-electron chi connectivity index (χ2n) is 6.10. The summed E-state index contributed by atoms with van der Waals surface area (Å²) in [7, 11) is 0. The molecule has 2 aliphatic rings. The number of nitriles is 1. The van der Waals surface area contributed by atoms with Crippen LogP contribution in [-0.4, -0.2) is 29.0 Å². The molecule has 3 atom stereocenters. The minimum absolute atomic E-state index is 0.0335. The van der Waals surface area contributed by atoms with E-state index in [1.807, 2.05) is 18.2 Å². The maximum Gasteiger partial charge on any atom is 0.261 e. The zero-order valence-electron chi connectivity index (χ0n) is 12.9. The second kappa shape index (κ2) is 6.30. The summed E-state index contributed by atoms with van der Waals surface area (Å²) in [6, 6.07) is 10.5. The molecule has 24 heavy (non-hydrogen) atoms. The Bertz CT molecular complexity index is 796. The molecular formula is C17H16N4O2S. The van der Waals surface area contributed by atoms with Crippen LogP contribution >= 0.6 is 11.8 Å². The molecule has 1 amide bonds. The van der Waals surface area contributed by atoms with Crippen molar-refractivity contribution in [2.24, 2.45) is 0 Å². The highest BCUT2D eigenvalue weighted by atomic mass is 32.2. The van der Waals surface area contributed by atoms with E-state index in [0.717, 1.165) is 17.7 Å². The summed E-state index contributed by atoms with van der Waals surface area (Å²) >= 11 is 1.32. The van der Waals surface area contributed by atoms with E-state index in [1.165, 1.54) is 24.4 Å². The predicted molar refractivity (Wildman–Crippen MR) is 87.6 cm³/mol. The van der Waals surface area contributed by atoms with Gasteiger partial charge in [0.25, 0.3) is 11.1 Å². The van der Waals surface area contributed by atoms with Crippen molar-refractivity contribution in [3.05, 3.63) is 41.8 Å². The lowest BCUT2D eigenvalue weighted by Gasteiger charge is -2.21. The zero-order valence-corrected chi connectivity index (χ0v) is 13.7. The molecule has 2 bridgehead atoms. The molecule has 122 valence electrons. The van der Waals surface area contributed by atoms with Crippen LogP contribution in [-0.2, 0) is 0 Å². The number of fused-ring (bicyclic) bond motifs is 2.